The second kappa shape index (κ2) is 14.4. The summed E-state index contributed by atoms with van der Waals surface area (Å²) in [7, 11) is 0. The Labute approximate surface area is 293 Å². The highest BCUT2D eigenvalue weighted by Crippen LogP contribution is 2.40. The van der Waals surface area contributed by atoms with Crippen LogP contribution >= 0.6 is 23.2 Å². The summed E-state index contributed by atoms with van der Waals surface area (Å²) in [6.45, 7) is 4.23. The minimum Gasteiger partial charge on any atom is -0.491 e. The molecule has 1 aromatic heterocycles. The molecule has 0 saturated carbocycles. The molecule has 0 spiro atoms. The number of anilines is 4. The van der Waals surface area contributed by atoms with Gasteiger partial charge in [-0.25, -0.2) is 19.4 Å². The van der Waals surface area contributed by atoms with Crippen LogP contribution in [0, 0.1) is 0 Å². The van der Waals surface area contributed by atoms with E-state index in [0.717, 1.165) is 43.3 Å². The third-order valence-corrected chi connectivity index (χ3v) is 9.18. The van der Waals surface area contributed by atoms with E-state index in [2.05, 4.69) is 32.0 Å². The molecule has 49 heavy (non-hydrogen) atoms. The maximum atomic E-state index is 12.0. The highest BCUT2D eigenvalue weighted by molar-refractivity contribution is 6.35. The van der Waals surface area contributed by atoms with Crippen LogP contribution < -0.4 is 19.4 Å². The van der Waals surface area contributed by atoms with Crippen LogP contribution in [0.2, 0.25) is 10.0 Å². The smallest absolute Gasteiger partial charge is 0.416 e. The van der Waals surface area contributed by atoms with Gasteiger partial charge >= 0.3 is 6.09 Å². The monoisotopic (exact) mass is 700 g/mol. The van der Waals surface area contributed by atoms with Gasteiger partial charge in [0, 0.05) is 48.1 Å². The fourth-order valence-corrected chi connectivity index (χ4v) is 6.76. The summed E-state index contributed by atoms with van der Waals surface area (Å²) in [6, 6.07) is 30.1. The second-order valence-corrected chi connectivity index (χ2v) is 12.6. The van der Waals surface area contributed by atoms with Crippen molar-refractivity contribution < 1.29 is 24.1 Å². The molecule has 2 atom stereocenters. The van der Waals surface area contributed by atoms with Crippen molar-refractivity contribution >= 4 is 52.0 Å². The number of para-hydroxylation sites is 1. The molecule has 2 aliphatic rings. The molecule has 7 rings (SSSR count). The summed E-state index contributed by atoms with van der Waals surface area (Å²) in [5.74, 6) is -0.436. The molecule has 2 aliphatic heterocycles. The van der Waals surface area contributed by atoms with Crippen LogP contribution in [-0.4, -0.2) is 71.5 Å². The highest BCUT2D eigenvalue weighted by Gasteiger charge is 2.45. The van der Waals surface area contributed by atoms with E-state index in [0.29, 0.717) is 33.6 Å². The number of halogens is 2. The van der Waals surface area contributed by atoms with E-state index in [1.54, 1.807) is 41.3 Å². The van der Waals surface area contributed by atoms with Crippen molar-refractivity contribution in [1.82, 2.24) is 14.8 Å². The van der Waals surface area contributed by atoms with E-state index in [4.69, 9.17) is 37.4 Å². The van der Waals surface area contributed by atoms with E-state index >= 15 is 0 Å². The Bertz CT molecular complexity index is 1860. The largest absolute Gasteiger partial charge is 0.491 e. The second-order valence-electron chi connectivity index (χ2n) is 11.8. The van der Waals surface area contributed by atoms with Crippen LogP contribution in [-0.2, 0) is 21.8 Å². The maximum Gasteiger partial charge on any atom is 0.416 e. The lowest BCUT2D eigenvalue weighted by molar-refractivity contribution is -0.190. The number of nitrogens with zero attached hydrogens (tertiary/aromatic N) is 6. The average Bonchev–Trinajstić information content (AvgIpc) is 3.79. The predicted octanol–water partition coefficient (Wildman–Crippen LogP) is 7.08. The highest BCUT2D eigenvalue weighted by atomic mass is 35.5. The molecule has 11 nitrogen and oxygen atoms in total. The quantitative estimate of drug-likeness (QED) is 0.164. The topological polar surface area (TPSA) is 105 Å². The minimum absolute atomic E-state index is 0.260. The first-order valence-electron chi connectivity index (χ1n) is 15.9. The van der Waals surface area contributed by atoms with Crippen molar-refractivity contribution in [3.05, 3.63) is 125 Å². The van der Waals surface area contributed by atoms with Crippen LogP contribution in [0.25, 0.3) is 0 Å². The molecule has 1 amide bonds. The zero-order valence-corrected chi connectivity index (χ0v) is 28.0. The first-order valence-corrected chi connectivity index (χ1v) is 16.6. The van der Waals surface area contributed by atoms with Gasteiger partial charge in [-0.1, -0.05) is 47.5 Å². The van der Waals surface area contributed by atoms with Crippen LogP contribution in [0.4, 0.5) is 27.5 Å². The number of hydrogen-bond acceptors (Lipinski definition) is 8. The van der Waals surface area contributed by atoms with Gasteiger partial charge in [0.25, 0.3) is 0 Å². The number of ether oxygens (including phenoxy) is 3. The lowest BCUT2D eigenvalue weighted by Crippen LogP contribution is -2.46. The van der Waals surface area contributed by atoms with E-state index in [9.17, 15) is 9.90 Å². The van der Waals surface area contributed by atoms with E-state index in [1.165, 1.54) is 11.2 Å². The number of carboxylic acid groups (broad SMARTS) is 1. The average molecular weight is 702 g/mol. The van der Waals surface area contributed by atoms with Crippen LogP contribution in [0.3, 0.4) is 0 Å². The first-order chi connectivity index (χ1) is 23.9. The number of piperazine rings is 1. The van der Waals surface area contributed by atoms with Gasteiger partial charge in [-0.2, -0.15) is 5.10 Å². The number of carbonyl (C=O) groups is 1. The van der Waals surface area contributed by atoms with Gasteiger partial charge in [-0.3, -0.25) is 0 Å². The van der Waals surface area contributed by atoms with Gasteiger partial charge in [0.05, 0.1) is 23.0 Å². The Morgan fingerprint density at radius 2 is 1.55 bits per heavy atom. The molecule has 0 bridgehead atoms. The molecule has 4 aromatic carbocycles. The van der Waals surface area contributed by atoms with Gasteiger partial charge in [0.15, 0.2) is 0 Å². The molecule has 252 valence electrons. The Hall–Kier alpha value is -4.81. The van der Waals surface area contributed by atoms with Crippen molar-refractivity contribution in [2.75, 3.05) is 54.1 Å². The van der Waals surface area contributed by atoms with Crippen LogP contribution in [0.5, 0.6) is 5.75 Å². The fraction of sp³-hybridized carbons (Fsp3) is 0.250. The molecule has 13 heteroatoms. The summed E-state index contributed by atoms with van der Waals surface area (Å²) < 4.78 is 20.5. The molecular weight excluding hydrogens is 667 g/mol. The Morgan fingerprint density at radius 3 is 2.16 bits per heavy atom. The number of hydrogen-bond donors (Lipinski definition) is 1. The van der Waals surface area contributed by atoms with Gasteiger partial charge < -0.3 is 29.1 Å². The Balaban J connectivity index is 0.929. The molecule has 0 aliphatic carbocycles. The summed E-state index contributed by atoms with van der Waals surface area (Å²) in [4.78, 5) is 22.0. The Morgan fingerprint density at radius 1 is 0.898 bits per heavy atom. The normalized spacial score (nSPS) is 19.2. The molecule has 3 heterocycles. The number of aromatic nitrogens is 3. The molecule has 5 aromatic rings. The molecule has 1 N–H and O–H groups in total. The summed E-state index contributed by atoms with van der Waals surface area (Å²) in [5.41, 5.74) is 4.05. The molecule has 2 fully saturated rings. The standard InChI is InChI=1S/C36H34Cl2N6O5/c37-26-6-15-33(34(38)20-26)36(23-43-25-39-24-40-43)48-22-32(49-36)21-47-31-13-11-28(12-14-31)42-18-16-41(17-19-42)27-7-9-30(10-8-27)44(35(45)46)29-4-2-1-3-5-29/h1-15,20,24-25,32H,16-19,21-23H2,(H,45,46)/t32-,36-/m1/s1. The SMILES string of the molecule is O=C(O)N(c1ccccc1)c1ccc(N2CCN(c3ccc(OC[C@@H]4CO[C@@](Cn5cncn5)(c5ccc(Cl)cc5Cl)O4)cc3)CC2)cc1. The van der Waals surface area contributed by atoms with Crippen molar-refractivity contribution in [2.24, 2.45) is 0 Å². The van der Waals surface area contributed by atoms with Gasteiger partial charge in [-0.05, 0) is 72.8 Å². The number of amides is 1. The summed E-state index contributed by atoms with van der Waals surface area (Å²) in [6.07, 6.45) is 1.69. The third kappa shape index (κ3) is 7.30. The van der Waals surface area contributed by atoms with Crippen LogP contribution in [0.15, 0.2) is 110 Å². The predicted molar refractivity (Wildman–Crippen MR) is 188 cm³/mol. The van der Waals surface area contributed by atoms with Crippen molar-refractivity contribution in [3.8, 4) is 5.75 Å². The van der Waals surface area contributed by atoms with Gasteiger partial charge in [-0.15, -0.1) is 0 Å². The van der Waals surface area contributed by atoms with Gasteiger partial charge in [0.1, 0.15) is 37.7 Å². The van der Waals surface area contributed by atoms with Crippen molar-refractivity contribution in [2.45, 2.75) is 18.4 Å². The molecule has 0 radical (unpaired) electrons. The lowest BCUT2D eigenvalue weighted by Gasteiger charge is -2.37. The zero-order valence-electron chi connectivity index (χ0n) is 26.4. The van der Waals surface area contributed by atoms with E-state index in [-0.39, 0.29) is 19.3 Å². The van der Waals surface area contributed by atoms with Crippen molar-refractivity contribution in [1.29, 1.82) is 0 Å². The third-order valence-electron chi connectivity index (χ3n) is 8.63. The van der Waals surface area contributed by atoms with E-state index in [1.807, 2.05) is 54.6 Å². The van der Waals surface area contributed by atoms with Crippen LogP contribution in [0.1, 0.15) is 5.56 Å². The molecule has 0 unspecified atom stereocenters. The van der Waals surface area contributed by atoms with Crippen molar-refractivity contribution in [3.63, 3.8) is 0 Å². The zero-order chi connectivity index (χ0) is 33.8. The molecule has 2 saturated heterocycles. The Kier molecular flexibility index (Phi) is 9.58. The number of rotatable bonds is 10. The lowest BCUT2D eigenvalue weighted by atomic mass is 10.1. The summed E-state index contributed by atoms with van der Waals surface area (Å²) in [5, 5.41) is 15.0. The fourth-order valence-electron chi connectivity index (χ4n) is 6.21. The minimum atomic E-state index is -1.17. The van der Waals surface area contributed by atoms with E-state index < -0.39 is 11.9 Å². The molecular formula is C36H34Cl2N6O5. The number of benzene rings is 4. The summed E-state index contributed by atoms with van der Waals surface area (Å²) >= 11 is 12.7. The van der Waals surface area contributed by atoms with Gasteiger partial charge in [0.2, 0.25) is 5.79 Å². The first kappa shape index (κ1) is 32.7. The maximum absolute atomic E-state index is 12.0.